The fourth-order valence-corrected chi connectivity index (χ4v) is 4.11. The molecule has 4 rings (SSSR count). The molecule has 1 N–H and O–H groups in total. The summed E-state index contributed by atoms with van der Waals surface area (Å²) in [6.07, 6.45) is 4.73. The smallest absolute Gasteiger partial charge is 0.134 e. The van der Waals surface area contributed by atoms with Crippen LogP contribution in [0.2, 0.25) is 5.02 Å². The van der Waals surface area contributed by atoms with Gasteiger partial charge in [-0.05, 0) is 55.3 Å². The molecule has 1 saturated heterocycles. The minimum atomic E-state index is -1.09. The predicted molar refractivity (Wildman–Crippen MR) is 132 cm³/mol. The maximum Gasteiger partial charge on any atom is 0.134 e. The van der Waals surface area contributed by atoms with Gasteiger partial charge in [0.25, 0.3) is 0 Å². The summed E-state index contributed by atoms with van der Waals surface area (Å²) in [5.74, 6) is 2.55. The summed E-state index contributed by atoms with van der Waals surface area (Å²) in [4.78, 5) is 6.43. The Hall–Kier alpha value is -2.58. The molecule has 0 bridgehead atoms. The van der Waals surface area contributed by atoms with Crippen molar-refractivity contribution in [2.45, 2.75) is 32.0 Å². The number of nitrogens with zero attached hydrogens (tertiary/aromatic N) is 3. The molecule has 0 amide bonds. The van der Waals surface area contributed by atoms with Gasteiger partial charge in [-0.1, -0.05) is 23.7 Å². The lowest BCUT2D eigenvalue weighted by molar-refractivity contribution is -0.0646. The van der Waals surface area contributed by atoms with Crippen molar-refractivity contribution >= 4 is 11.6 Å². The van der Waals surface area contributed by atoms with Gasteiger partial charge in [0.05, 0.1) is 19.8 Å². The van der Waals surface area contributed by atoms with Crippen LogP contribution in [0.5, 0.6) is 11.5 Å². The van der Waals surface area contributed by atoms with Crippen LogP contribution < -0.4 is 9.47 Å². The zero-order chi connectivity index (χ0) is 23.8. The molecule has 182 valence electrons. The number of β-amino-alcohol motifs (C(OH)–C–C–N with tert-alkyl or cyclic N) is 1. The molecule has 1 aromatic heterocycles. The molecule has 0 aliphatic carbocycles. The highest BCUT2D eigenvalue weighted by Crippen LogP contribution is 2.21. The van der Waals surface area contributed by atoms with Crippen LogP contribution in [0.3, 0.4) is 0 Å². The van der Waals surface area contributed by atoms with Gasteiger partial charge in [0.15, 0.2) is 0 Å². The maximum atomic E-state index is 11.1. The van der Waals surface area contributed by atoms with Gasteiger partial charge >= 0.3 is 0 Å². The molecule has 1 aliphatic rings. The van der Waals surface area contributed by atoms with Gasteiger partial charge in [0, 0.05) is 43.6 Å². The molecule has 7 nitrogen and oxygen atoms in total. The molecule has 1 fully saturated rings. The molecule has 0 unspecified atom stereocenters. The van der Waals surface area contributed by atoms with Crippen LogP contribution in [0, 0.1) is 6.92 Å². The van der Waals surface area contributed by atoms with Crippen molar-refractivity contribution in [1.29, 1.82) is 0 Å². The quantitative estimate of drug-likeness (QED) is 0.438. The van der Waals surface area contributed by atoms with E-state index in [1.165, 1.54) is 0 Å². The van der Waals surface area contributed by atoms with Crippen molar-refractivity contribution in [2.24, 2.45) is 0 Å². The van der Waals surface area contributed by atoms with Gasteiger partial charge in [-0.25, -0.2) is 4.98 Å². The Balaban J connectivity index is 1.24. The predicted octanol–water partition coefficient (Wildman–Crippen LogP) is 3.96. The monoisotopic (exact) mass is 485 g/mol. The number of ether oxygens (including phenoxy) is 3. The molecular weight excluding hydrogens is 454 g/mol. The number of imidazole rings is 1. The van der Waals surface area contributed by atoms with E-state index < -0.39 is 5.60 Å². The van der Waals surface area contributed by atoms with E-state index in [0.717, 1.165) is 36.6 Å². The SMILES string of the molecule is Cc1nccn1CCCOc1ccc(CN2CCOC[C@](O)(COc3ccc(Cl)cc3)C2)cc1. The van der Waals surface area contributed by atoms with E-state index in [1.807, 2.05) is 31.5 Å². The lowest BCUT2D eigenvalue weighted by atomic mass is 10.1. The molecule has 34 heavy (non-hydrogen) atoms. The first-order valence-electron chi connectivity index (χ1n) is 11.6. The highest BCUT2D eigenvalue weighted by atomic mass is 35.5. The van der Waals surface area contributed by atoms with Crippen LogP contribution >= 0.6 is 11.6 Å². The van der Waals surface area contributed by atoms with Gasteiger partial charge in [0.1, 0.15) is 29.5 Å². The number of rotatable bonds is 10. The van der Waals surface area contributed by atoms with Gasteiger partial charge in [-0.2, -0.15) is 0 Å². The second kappa shape index (κ2) is 11.7. The molecule has 3 aromatic rings. The summed E-state index contributed by atoms with van der Waals surface area (Å²) in [7, 11) is 0. The average molecular weight is 486 g/mol. The summed E-state index contributed by atoms with van der Waals surface area (Å²) >= 11 is 5.93. The minimum Gasteiger partial charge on any atom is -0.494 e. The fourth-order valence-electron chi connectivity index (χ4n) is 3.98. The highest BCUT2D eigenvalue weighted by Gasteiger charge is 2.33. The average Bonchev–Trinajstić information content (AvgIpc) is 3.15. The van der Waals surface area contributed by atoms with Crippen molar-refractivity contribution < 1.29 is 19.3 Å². The van der Waals surface area contributed by atoms with E-state index in [2.05, 4.69) is 26.6 Å². The number of aryl methyl sites for hydroxylation is 2. The highest BCUT2D eigenvalue weighted by molar-refractivity contribution is 6.30. The second-order valence-corrected chi connectivity index (χ2v) is 9.18. The molecule has 0 radical (unpaired) electrons. The first kappa shape index (κ1) is 24.5. The molecule has 1 atom stereocenters. The molecule has 2 aromatic carbocycles. The van der Waals surface area contributed by atoms with Crippen molar-refractivity contribution in [3.63, 3.8) is 0 Å². The summed E-state index contributed by atoms with van der Waals surface area (Å²) in [5.41, 5.74) is 0.0662. The number of aliphatic hydroxyl groups is 1. The van der Waals surface area contributed by atoms with Crippen molar-refractivity contribution in [3.05, 3.63) is 77.3 Å². The largest absolute Gasteiger partial charge is 0.494 e. The minimum absolute atomic E-state index is 0.149. The van der Waals surface area contributed by atoms with Crippen molar-refractivity contribution in [1.82, 2.24) is 14.5 Å². The molecular formula is C26H32ClN3O4. The first-order valence-corrected chi connectivity index (χ1v) is 12.0. The fraction of sp³-hybridized carbons (Fsp3) is 0.423. The summed E-state index contributed by atoms with van der Waals surface area (Å²) < 4.78 is 19.5. The van der Waals surface area contributed by atoms with Crippen LogP contribution in [0.25, 0.3) is 0 Å². The molecule has 1 aliphatic heterocycles. The molecule has 0 saturated carbocycles. The van der Waals surface area contributed by atoms with E-state index in [4.69, 9.17) is 25.8 Å². The van der Waals surface area contributed by atoms with E-state index in [1.54, 1.807) is 24.3 Å². The number of benzene rings is 2. The van der Waals surface area contributed by atoms with E-state index >= 15 is 0 Å². The maximum absolute atomic E-state index is 11.1. The van der Waals surface area contributed by atoms with Crippen LogP contribution in [-0.2, 0) is 17.8 Å². The number of hydrogen-bond acceptors (Lipinski definition) is 6. The number of halogens is 1. The third-order valence-electron chi connectivity index (χ3n) is 5.83. The van der Waals surface area contributed by atoms with Gasteiger partial charge < -0.3 is 23.9 Å². The van der Waals surface area contributed by atoms with E-state index in [-0.39, 0.29) is 13.2 Å². The zero-order valence-corrected chi connectivity index (χ0v) is 20.3. The Morgan fingerprint density at radius 3 is 2.56 bits per heavy atom. The lowest BCUT2D eigenvalue weighted by Crippen LogP contribution is -2.48. The summed E-state index contributed by atoms with van der Waals surface area (Å²) in [5, 5.41) is 11.8. The standard InChI is InChI=1S/C26H32ClN3O4/c1-21-28-11-13-30(21)12-2-15-33-24-7-3-22(4-8-24)17-29-14-16-32-19-26(31,18-29)20-34-25-9-5-23(27)6-10-25/h3-11,13,31H,2,12,14-20H2,1H3/t26-/m0/s1. The first-order chi connectivity index (χ1) is 16.5. The normalized spacial score (nSPS) is 19.0. The van der Waals surface area contributed by atoms with Crippen LogP contribution in [0.15, 0.2) is 60.9 Å². The van der Waals surface area contributed by atoms with E-state index in [9.17, 15) is 5.11 Å². The topological polar surface area (TPSA) is 69.0 Å². The Labute approximate surface area is 205 Å². The summed E-state index contributed by atoms with van der Waals surface area (Å²) in [6.45, 7) is 6.44. The Bertz CT molecular complexity index is 1030. The molecule has 0 spiro atoms. The van der Waals surface area contributed by atoms with Crippen LogP contribution in [0.4, 0.5) is 0 Å². The lowest BCUT2D eigenvalue weighted by Gasteiger charge is -2.30. The van der Waals surface area contributed by atoms with E-state index in [0.29, 0.717) is 37.1 Å². The number of hydrogen-bond donors (Lipinski definition) is 1. The Kier molecular flexibility index (Phi) is 8.45. The molecule has 2 heterocycles. The third kappa shape index (κ3) is 7.21. The van der Waals surface area contributed by atoms with Crippen molar-refractivity contribution in [3.8, 4) is 11.5 Å². The van der Waals surface area contributed by atoms with Gasteiger partial charge in [-0.3, -0.25) is 4.90 Å². The second-order valence-electron chi connectivity index (χ2n) is 8.74. The zero-order valence-electron chi connectivity index (χ0n) is 19.5. The molecule has 8 heteroatoms. The summed E-state index contributed by atoms with van der Waals surface area (Å²) in [6, 6.07) is 15.3. The third-order valence-corrected chi connectivity index (χ3v) is 6.08. The number of aromatic nitrogens is 2. The van der Waals surface area contributed by atoms with Crippen LogP contribution in [0.1, 0.15) is 17.8 Å². The van der Waals surface area contributed by atoms with Gasteiger partial charge in [0.2, 0.25) is 0 Å². The van der Waals surface area contributed by atoms with Crippen LogP contribution in [-0.4, -0.2) is 64.7 Å². The Morgan fingerprint density at radius 1 is 1.09 bits per heavy atom. The van der Waals surface area contributed by atoms with Crippen molar-refractivity contribution in [2.75, 3.05) is 39.5 Å². The van der Waals surface area contributed by atoms with Gasteiger partial charge in [-0.15, -0.1) is 0 Å². The Morgan fingerprint density at radius 2 is 1.82 bits per heavy atom.